The summed E-state index contributed by atoms with van der Waals surface area (Å²) in [5.41, 5.74) is 0.470. The zero-order valence-corrected chi connectivity index (χ0v) is 8.21. The fourth-order valence-corrected chi connectivity index (χ4v) is 3.46. The van der Waals surface area contributed by atoms with Crippen LogP contribution in [-0.2, 0) is 0 Å². The summed E-state index contributed by atoms with van der Waals surface area (Å²) in [6.45, 7) is 4.97. The van der Waals surface area contributed by atoms with Crippen molar-refractivity contribution in [3.63, 3.8) is 0 Å². The number of fused-ring (bicyclic) bond motifs is 2. The Bertz CT molecular complexity index is 178. The Morgan fingerprint density at radius 1 is 1.50 bits per heavy atom. The van der Waals surface area contributed by atoms with Gasteiger partial charge in [-0.15, -0.1) is 0 Å². The van der Waals surface area contributed by atoms with Gasteiger partial charge in [0, 0.05) is 6.61 Å². The number of rotatable bonds is 2. The van der Waals surface area contributed by atoms with Crippen molar-refractivity contribution >= 4 is 0 Å². The van der Waals surface area contributed by atoms with E-state index in [2.05, 4.69) is 13.8 Å². The lowest BCUT2D eigenvalue weighted by Crippen LogP contribution is -2.33. The van der Waals surface area contributed by atoms with E-state index in [1.807, 2.05) is 0 Å². The molecule has 1 heteroatoms. The minimum absolute atomic E-state index is 0.375. The van der Waals surface area contributed by atoms with E-state index in [1.54, 1.807) is 0 Å². The van der Waals surface area contributed by atoms with Crippen LogP contribution in [0.5, 0.6) is 0 Å². The zero-order valence-electron chi connectivity index (χ0n) is 8.21. The second kappa shape index (κ2) is 2.73. The third kappa shape index (κ3) is 1.02. The summed E-state index contributed by atoms with van der Waals surface area (Å²) in [5, 5.41) is 9.19. The largest absolute Gasteiger partial charge is 0.396 e. The van der Waals surface area contributed by atoms with Gasteiger partial charge in [0.1, 0.15) is 0 Å². The van der Waals surface area contributed by atoms with Crippen LogP contribution in [-0.4, -0.2) is 11.7 Å². The van der Waals surface area contributed by atoms with Crippen LogP contribution < -0.4 is 0 Å². The Morgan fingerprint density at radius 2 is 2.25 bits per heavy atom. The van der Waals surface area contributed by atoms with E-state index < -0.39 is 0 Å². The maximum Gasteiger partial charge on any atom is 0.0461 e. The molecule has 0 saturated heterocycles. The van der Waals surface area contributed by atoms with Gasteiger partial charge in [0.15, 0.2) is 0 Å². The highest BCUT2D eigenvalue weighted by Crippen LogP contribution is 2.58. The number of hydrogen-bond acceptors (Lipinski definition) is 1. The lowest BCUT2D eigenvalue weighted by atomic mass is 9.67. The normalized spacial score (nSPS) is 48.2. The Hall–Kier alpha value is -0.0400. The molecule has 12 heavy (non-hydrogen) atoms. The van der Waals surface area contributed by atoms with Crippen molar-refractivity contribution in [2.75, 3.05) is 6.61 Å². The van der Waals surface area contributed by atoms with Gasteiger partial charge < -0.3 is 5.11 Å². The van der Waals surface area contributed by atoms with Crippen molar-refractivity contribution in [3.8, 4) is 0 Å². The van der Waals surface area contributed by atoms with E-state index in [0.29, 0.717) is 17.9 Å². The van der Waals surface area contributed by atoms with E-state index in [9.17, 15) is 5.11 Å². The molecular formula is C11H20O. The first-order chi connectivity index (χ1) is 5.66. The van der Waals surface area contributed by atoms with Crippen molar-refractivity contribution < 1.29 is 5.11 Å². The van der Waals surface area contributed by atoms with Crippen molar-refractivity contribution in [3.05, 3.63) is 0 Å². The molecule has 2 bridgehead atoms. The SMILES string of the molecule is CC(CO)C1(C)CC2CCC1C2. The Morgan fingerprint density at radius 3 is 2.67 bits per heavy atom. The maximum atomic E-state index is 9.19. The third-order valence-electron chi connectivity index (χ3n) is 4.60. The lowest BCUT2D eigenvalue weighted by molar-refractivity contribution is 0.0612. The van der Waals surface area contributed by atoms with Crippen LogP contribution in [0.2, 0.25) is 0 Å². The second-order valence-electron chi connectivity index (χ2n) is 5.17. The molecule has 1 N–H and O–H groups in total. The van der Waals surface area contributed by atoms with Gasteiger partial charge in [-0.3, -0.25) is 0 Å². The molecule has 0 aromatic carbocycles. The summed E-state index contributed by atoms with van der Waals surface area (Å²) in [6.07, 6.45) is 5.70. The van der Waals surface area contributed by atoms with Crippen LogP contribution in [0, 0.1) is 23.2 Å². The van der Waals surface area contributed by atoms with Crippen molar-refractivity contribution in [1.82, 2.24) is 0 Å². The van der Waals surface area contributed by atoms with Gasteiger partial charge in [-0.05, 0) is 42.4 Å². The van der Waals surface area contributed by atoms with Gasteiger partial charge in [-0.25, -0.2) is 0 Å². The van der Waals surface area contributed by atoms with Gasteiger partial charge in [-0.2, -0.15) is 0 Å². The molecule has 2 rings (SSSR count). The van der Waals surface area contributed by atoms with Crippen LogP contribution in [0.3, 0.4) is 0 Å². The van der Waals surface area contributed by atoms with Crippen LogP contribution in [0.1, 0.15) is 39.5 Å². The zero-order chi connectivity index (χ0) is 8.77. The molecule has 4 unspecified atom stereocenters. The summed E-state index contributed by atoms with van der Waals surface area (Å²) >= 11 is 0. The molecule has 2 aliphatic carbocycles. The molecule has 0 radical (unpaired) electrons. The van der Waals surface area contributed by atoms with E-state index in [0.717, 1.165) is 11.8 Å². The number of aliphatic hydroxyl groups excluding tert-OH is 1. The van der Waals surface area contributed by atoms with E-state index >= 15 is 0 Å². The first kappa shape index (κ1) is 8.55. The standard InChI is InChI=1S/C11H20O/c1-8(7-12)11(2)6-9-3-4-10(11)5-9/h8-10,12H,3-7H2,1-2H3. The van der Waals surface area contributed by atoms with Gasteiger partial charge in [0.05, 0.1) is 0 Å². The maximum absolute atomic E-state index is 9.19. The monoisotopic (exact) mass is 168 g/mol. The van der Waals surface area contributed by atoms with Crippen LogP contribution >= 0.6 is 0 Å². The molecule has 0 aliphatic heterocycles. The van der Waals surface area contributed by atoms with E-state index in [-0.39, 0.29) is 0 Å². The predicted molar refractivity (Wildman–Crippen MR) is 49.8 cm³/mol. The first-order valence-corrected chi connectivity index (χ1v) is 5.27. The van der Waals surface area contributed by atoms with Gasteiger partial charge in [0.25, 0.3) is 0 Å². The third-order valence-corrected chi connectivity index (χ3v) is 4.60. The van der Waals surface area contributed by atoms with Crippen LogP contribution in [0.15, 0.2) is 0 Å². The average Bonchev–Trinajstić information content (AvgIpc) is 2.62. The lowest BCUT2D eigenvalue weighted by Gasteiger charge is -2.38. The van der Waals surface area contributed by atoms with E-state index in [1.165, 1.54) is 25.7 Å². The highest BCUT2D eigenvalue weighted by molar-refractivity contribution is 4.99. The molecule has 2 aliphatic rings. The van der Waals surface area contributed by atoms with Crippen molar-refractivity contribution in [1.29, 1.82) is 0 Å². The van der Waals surface area contributed by atoms with Crippen LogP contribution in [0.25, 0.3) is 0 Å². The predicted octanol–water partition coefficient (Wildman–Crippen LogP) is 2.44. The Labute approximate surface area is 75.2 Å². The van der Waals surface area contributed by atoms with E-state index in [4.69, 9.17) is 0 Å². The first-order valence-electron chi connectivity index (χ1n) is 5.27. The second-order valence-corrected chi connectivity index (χ2v) is 5.17. The molecule has 70 valence electrons. The highest BCUT2D eigenvalue weighted by Gasteiger charge is 2.50. The van der Waals surface area contributed by atoms with Crippen molar-refractivity contribution in [2.45, 2.75) is 39.5 Å². The molecule has 2 fully saturated rings. The van der Waals surface area contributed by atoms with Gasteiger partial charge in [0.2, 0.25) is 0 Å². The highest BCUT2D eigenvalue weighted by atomic mass is 16.3. The fraction of sp³-hybridized carbons (Fsp3) is 1.00. The molecule has 0 amide bonds. The summed E-state index contributed by atoms with van der Waals surface area (Å²) < 4.78 is 0. The average molecular weight is 168 g/mol. The quantitative estimate of drug-likeness (QED) is 0.671. The van der Waals surface area contributed by atoms with Crippen molar-refractivity contribution in [2.24, 2.45) is 23.2 Å². The van der Waals surface area contributed by atoms with Gasteiger partial charge in [-0.1, -0.05) is 20.3 Å². The molecular weight excluding hydrogens is 148 g/mol. The fourth-order valence-electron chi connectivity index (χ4n) is 3.46. The summed E-state index contributed by atoms with van der Waals surface area (Å²) in [6, 6.07) is 0. The minimum Gasteiger partial charge on any atom is -0.396 e. The summed E-state index contributed by atoms with van der Waals surface area (Å²) in [4.78, 5) is 0. The molecule has 0 aromatic rings. The Balaban J connectivity index is 2.12. The number of hydrogen-bond donors (Lipinski definition) is 1. The van der Waals surface area contributed by atoms with Gasteiger partial charge >= 0.3 is 0 Å². The minimum atomic E-state index is 0.375. The summed E-state index contributed by atoms with van der Waals surface area (Å²) in [5.74, 6) is 2.42. The van der Waals surface area contributed by atoms with Crippen LogP contribution in [0.4, 0.5) is 0 Å². The topological polar surface area (TPSA) is 20.2 Å². The summed E-state index contributed by atoms with van der Waals surface area (Å²) in [7, 11) is 0. The molecule has 0 heterocycles. The Kier molecular flexibility index (Phi) is 1.95. The molecule has 1 nitrogen and oxygen atoms in total. The molecule has 4 atom stereocenters. The molecule has 2 saturated carbocycles. The number of aliphatic hydroxyl groups is 1. The smallest absolute Gasteiger partial charge is 0.0461 e. The molecule has 0 spiro atoms. The molecule has 0 aromatic heterocycles.